The van der Waals surface area contributed by atoms with Gasteiger partial charge in [0.05, 0.1) is 0 Å². The Morgan fingerprint density at radius 1 is 0.0938 bits per heavy atom. The van der Waals surface area contributed by atoms with E-state index in [4.69, 9.17) is 0 Å². The lowest BCUT2D eigenvalue weighted by molar-refractivity contribution is 4.33. The highest BCUT2D eigenvalue weighted by atomic mass is 33.6. The van der Waals surface area contributed by atoms with Crippen LogP contribution in [0.15, 0.2) is 0 Å². The molecule has 386 valence electrons. The molecular weight excluding hydrogens is 1980 g/mol. The van der Waals surface area contributed by atoms with Crippen molar-refractivity contribution in [3.63, 3.8) is 0 Å². The molecule has 0 aromatic carbocycles. The Labute approximate surface area is 503 Å². The minimum absolute atomic E-state index is 0.219. The molecule has 0 aliphatic heterocycles. The molecule has 0 radical (unpaired) electrons. The zero-order valence-electron chi connectivity index (χ0n) is 32.9. The van der Waals surface area contributed by atoms with Crippen LogP contribution in [-0.4, -0.2) is 0 Å². The highest BCUT2D eigenvalue weighted by Crippen LogP contribution is 3.49. The molecule has 0 aromatic heterocycles. The molecule has 0 saturated carbocycles. The first-order valence-corrected chi connectivity index (χ1v) is 131. The quantitative estimate of drug-likeness (QED) is 0.0629. The van der Waals surface area contributed by atoms with Gasteiger partial charge in [0.15, 0.2) is 0 Å². The Morgan fingerprint density at radius 2 is 0.188 bits per heavy atom. The number of hydrogen-bond acceptors (Lipinski definition) is 0. The Morgan fingerprint density at radius 3 is 0.281 bits per heavy atom. The van der Waals surface area contributed by atoms with Gasteiger partial charge in [-0.1, -0.05) is 0 Å². The van der Waals surface area contributed by atoms with Gasteiger partial charge in [-0.3, -0.25) is 0 Å². The molecule has 64 heteroatoms. The van der Waals surface area contributed by atoms with Crippen LogP contribution in [-0.2, 0) is 0 Å². The first-order valence-electron chi connectivity index (χ1n) is 14.5. The zero-order chi connectivity index (χ0) is 50.9. The lowest BCUT2D eigenvalue weighted by atomic mass is 28.4. The van der Waals surface area contributed by atoms with E-state index in [2.05, 4.69) is 295 Å². The van der Waals surface area contributed by atoms with Gasteiger partial charge in [0.2, 0.25) is 0 Å². The van der Waals surface area contributed by atoms with Crippen LogP contribution < -0.4 is 0 Å². The van der Waals surface area contributed by atoms with E-state index in [9.17, 15) is 0 Å². The van der Waals surface area contributed by atoms with E-state index < -0.39 is 0 Å². The van der Waals surface area contributed by atoms with Crippen LogP contribution in [0.25, 0.3) is 0 Å². The smallest absolute Gasteiger partial charge is 0.0000101 e. The standard InChI is InChI=1S/H66P64/c1-34(2)50(33)58(49(31)32)62(57(47(27)28)48(29)30)64(61(55(43(19)20)44(21)22)56(45(23)24)46(25)26)63(59(51(35(3)4)36(5)6)52(37(7)8)38(9)10)60(53(39(11)12)40(13)14)54(41(15)16)42(17)18/h1-33H2. The van der Waals surface area contributed by atoms with Crippen molar-refractivity contribution in [3.8, 4) is 0 Å². The molecule has 0 aromatic rings. The van der Waals surface area contributed by atoms with Gasteiger partial charge in [-0.2, -0.15) is 0 Å². The third-order valence-corrected chi connectivity index (χ3v) is 453. The monoisotopic (exact) mass is 2050 g/mol. The molecule has 0 N–H and O–H groups in total. The van der Waals surface area contributed by atoms with Crippen molar-refractivity contribution < 1.29 is 0 Å². The van der Waals surface area contributed by atoms with E-state index in [0.717, 1.165) is 0 Å². The van der Waals surface area contributed by atoms with Crippen LogP contribution >= 0.6 is 511 Å². The third-order valence-electron chi connectivity index (χ3n) is 5.60. The van der Waals surface area contributed by atoms with Crippen LogP contribution in [0, 0.1) is 0 Å². The predicted molar refractivity (Wildman–Crippen MR) is 535 cm³/mol. The Kier molecular flexibility index (Phi) is 71.4. The summed E-state index contributed by atoms with van der Waals surface area (Å²) in [7, 11) is 118. The highest BCUT2D eigenvalue weighted by Gasteiger charge is 2.62. The average Bonchev–Trinajstić information content (AvgIpc) is 3.07. The van der Waals surface area contributed by atoms with Gasteiger partial charge < -0.3 is 0 Å². The first-order chi connectivity index (χ1) is 29.1. The second-order valence-electron chi connectivity index (χ2n) is 10.2. The van der Waals surface area contributed by atoms with Crippen LogP contribution in [0.3, 0.4) is 0 Å². The molecule has 37 unspecified atom stereocenters. The molecule has 0 aliphatic rings. The van der Waals surface area contributed by atoms with Gasteiger partial charge in [-0.25, -0.2) is 0 Å². The predicted octanol–water partition coefficient (Wildman–Crippen LogP) is 37.4. The van der Waals surface area contributed by atoms with Gasteiger partial charge in [0.25, 0.3) is 0 Å². The molecule has 0 fully saturated rings. The lowest BCUT2D eigenvalue weighted by Gasteiger charge is -2.61. The maximum atomic E-state index is 3.71. The summed E-state index contributed by atoms with van der Waals surface area (Å²) in [6.07, 6.45) is 0. The van der Waals surface area contributed by atoms with E-state index in [1.54, 1.807) is 0 Å². The summed E-state index contributed by atoms with van der Waals surface area (Å²) in [6, 6.07) is 0. The van der Waals surface area contributed by atoms with E-state index in [-0.39, 0.29) is 217 Å². The van der Waals surface area contributed by atoms with Crippen LogP contribution in [0.5, 0.6) is 0 Å². The van der Waals surface area contributed by atoms with Crippen molar-refractivity contribution in [2.45, 2.75) is 0 Å². The lowest BCUT2D eigenvalue weighted by Crippen LogP contribution is -1.73. The Hall–Kier alpha value is 27.5. The van der Waals surface area contributed by atoms with Gasteiger partial charge in [-0.15, -0.1) is 295 Å². The summed E-state index contributed by atoms with van der Waals surface area (Å²) < 4.78 is 0. The van der Waals surface area contributed by atoms with Crippen molar-refractivity contribution in [2.75, 3.05) is 0 Å². The zero-order valence-corrected chi connectivity index (χ0v) is 98.7. The fourth-order valence-corrected chi connectivity index (χ4v) is 921. The maximum Gasteiger partial charge on any atom is -0.0000101 e. The second-order valence-corrected chi connectivity index (χ2v) is 274. The SMILES string of the molecule is PP(P)P(P)P(P(P)P)P(P(P(P)P)P(P)P)P(P(P(P(P)P)P(P)P)P(P(P)P)P(P)P)P(P(P(P(P)P)P(P)P)P(P(P)P)P(P)P)P(P(P(P)P)P(P)P)P(P(P)P)P(P)P. The molecule has 0 spiro atoms. The molecule has 0 amide bonds. The van der Waals surface area contributed by atoms with Gasteiger partial charge in [0, 0.05) is 0 Å². The van der Waals surface area contributed by atoms with Gasteiger partial charge >= 0.3 is 0 Å². The molecule has 64 heavy (non-hydrogen) atoms. The normalized spacial score (nSPS) is 16.3. The summed E-state index contributed by atoms with van der Waals surface area (Å²) in [6.45, 7) is -7.95. The fourth-order valence-electron chi connectivity index (χ4n) is 3.79. The van der Waals surface area contributed by atoms with Crippen molar-refractivity contribution in [1.29, 1.82) is 0 Å². The van der Waals surface area contributed by atoms with Crippen LogP contribution in [0.2, 0.25) is 0 Å². The largest absolute Gasteiger partial charge is 0.102 e. The van der Waals surface area contributed by atoms with Crippen molar-refractivity contribution in [1.82, 2.24) is 0 Å². The van der Waals surface area contributed by atoms with Crippen molar-refractivity contribution >= 4 is 511 Å². The Bertz CT molecular complexity index is 1020. The van der Waals surface area contributed by atoms with E-state index in [1.807, 2.05) is 0 Å². The Balaban J connectivity index is 11.1. The molecule has 0 nitrogen and oxygen atoms in total. The topological polar surface area (TPSA) is 0 Å². The maximum absolute atomic E-state index is 3.71. The summed E-state index contributed by atoms with van der Waals surface area (Å²) in [5.41, 5.74) is 0. The third kappa shape index (κ3) is 32.2. The fraction of sp³-hybridized carbons (Fsp3) is 0. The molecule has 0 aliphatic carbocycles. The van der Waals surface area contributed by atoms with E-state index >= 15 is 0 Å². The molecule has 0 saturated heterocycles. The molecular formula is H66P64. The van der Waals surface area contributed by atoms with Crippen molar-refractivity contribution in [3.05, 3.63) is 0 Å². The number of rotatable bonds is 30. The summed E-state index contributed by atoms with van der Waals surface area (Å²) >= 11 is 0. The summed E-state index contributed by atoms with van der Waals surface area (Å²) in [5.74, 6) is 0. The molecule has 0 bridgehead atoms. The molecule has 0 heterocycles. The van der Waals surface area contributed by atoms with E-state index in [0.29, 0.717) is 0 Å². The minimum Gasteiger partial charge on any atom is -0.102 e. The molecule has 0 rings (SSSR count). The van der Waals surface area contributed by atoms with Gasteiger partial charge in [0.1, 0.15) is 0 Å². The number of hydrogen-bond donors (Lipinski definition) is 0. The van der Waals surface area contributed by atoms with Crippen LogP contribution in [0.4, 0.5) is 0 Å². The van der Waals surface area contributed by atoms with Gasteiger partial charge in [-0.05, 0) is 217 Å². The summed E-state index contributed by atoms with van der Waals surface area (Å²) in [5, 5.41) is 0. The second kappa shape index (κ2) is 49.9. The summed E-state index contributed by atoms with van der Waals surface area (Å²) in [4.78, 5) is 0. The van der Waals surface area contributed by atoms with Crippen molar-refractivity contribution in [2.24, 2.45) is 0 Å². The van der Waals surface area contributed by atoms with Crippen LogP contribution in [0.1, 0.15) is 0 Å². The minimum atomic E-state index is -0.311. The molecule has 37 atom stereocenters. The first kappa shape index (κ1) is 91.5. The average molecular weight is 2050 g/mol. The van der Waals surface area contributed by atoms with E-state index in [1.165, 1.54) is 0 Å². The highest BCUT2D eigenvalue weighted by molar-refractivity contribution is 9.55.